The summed E-state index contributed by atoms with van der Waals surface area (Å²) in [5, 5.41) is 0. The molecule has 2 aliphatic rings. The smallest absolute Gasteiger partial charge is 0.268 e. The molecule has 1 N–H and O–H groups in total. The topological polar surface area (TPSA) is 83.6 Å². The van der Waals surface area contributed by atoms with E-state index in [4.69, 9.17) is 0 Å². The number of allylic oxidation sites excluding steroid dienone is 2. The van der Waals surface area contributed by atoms with Gasteiger partial charge in [0, 0.05) is 29.9 Å². The quantitative estimate of drug-likeness (QED) is 0.834. The minimum Gasteiger partial charge on any atom is -0.367 e. The summed E-state index contributed by atoms with van der Waals surface area (Å²) in [6.07, 6.45) is 2.73. The first-order valence-corrected chi connectivity index (χ1v) is 11.1. The van der Waals surface area contributed by atoms with Crippen LogP contribution in [-0.4, -0.2) is 38.0 Å². The van der Waals surface area contributed by atoms with Crippen LogP contribution in [0.1, 0.15) is 45.5 Å². The monoisotopic (exact) mass is 410 g/mol. The number of rotatable bonds is 4. The molecule has 0 saturated carbocycles. The van der Waals surface area contributed by atoms with Crippen molar-refractivity contribution in [3.8, 4) is 0 Å². The Labute approximate surface area is 170 Å². The van der Waals surface area contributed by atoms with Crippen molar-refractivity contribution in [1.29, 1.82) is 0 Å². The van der Waals surface area contributed by atoms with Crippen molar-refractivity contribution in [2.45, 2.75) is 26.2 Å². The molecule has 0 spiro atoms. The number of fused-ring (bicyclic) bond motifs is 1. The van der Waals surface area contributed by atoms with Gasteiger partial charge in [0.25, 0.3) is 10.0 Å². The SMILES string of the molecule is Cc1ccc(NS(=O)(=O)C2=C(N3CCCCC3)C(=O)c3ccccc3C2=O)cc1. The molecule has 150 valence electrons. The molecular weight excluding hydrogens is 388 g/mol. The number of sulfonamides is 1. The molecule has 2 aromatic carbocycles. The van der Waals surface area contributed by atoms with Crippen molar-refractivity contribution in [3.05, 3.63) is 75.8 Å². The molecule has 2 aromatic rings. The van der Waals surface area contributed by atoms with Gasteiger partial charge < -0.3 is 4.90 Å². The van der Waals surface area contributed by atoms with Gasteiger partial charge in [-0.15, -0.1) is 0 Å². The number of piperidine rings is 1. The molecule has 6 nitrogen and oxygen atoms in total. The largest absolute Gasteiger partial charge is 0.367 e. The van der Waals surface area contributed by atoms with Crippen LogP contribution in [0.2, 0.25) is 0 Å². The molecule has 1 fully saturated rings. The Morgan fingerprint density at radius 3 is 2.03 bits per heavy atom. The summed E-state index contributed by atoms with van der Waals surface area (Å²) in [6.45, 7) is 3.01. The van der Waals surface area contributed by atoms with Gasteiger partial charge in [-0.25, -0.2) is 8.42 Å². The number of carbonyl (C=O) groups is 2. The number of nitrogens with zero attached hydrogens (tertiary/aromatic N) is 1. The lowest BCUT2D eigenvalue weighted by atomic mass is 9.91. The van der Waals surface area contributed by atoms with Crippen LogP contribution >= 0.6 is 0 Å². The molecule has 1 heterocycles. The number of benzene rings is 2. The number of hydrogen-bond acceptors (Lipinski definition) is 5. The molecule has 0 atom stereocenters. The molecule has 0 unspecified atom stereocenters. The van der Waals surface area contributed by atoms with Crippen LogP contribution in [0.3, 0.4) is 0 Å². The zero-order valence-electron chi connectivity index (χ0n) is 16.1. The third kappa shape index (κ3) is 3.58. The number of aryl methyl sites for hydroxylation is 1. The van der Waals surface area contributed by atoms with E-state index in [0.29, 0.717) is 18.8 Å². The van der Waals surface area contributed by atoms with Crippen molar-refractivity contribution in [2.24, 2.45) is 0 Å². The molecule has 0 bridgehead atoms. The second-order valence-electron chi connectivity index (χ2n) is 7.40. The maximum absolute atomic E-state index is 13.3. The standard InChI is InChI=1S/C22H22N2O4S/c1-15-9-11-16(12-10-15)23-29(27,28)22-19(24-13-5-2-6-14-24)20(25)17-7-3-4-8-18(17)21(22)26/h3-4,7-12,23H,2,5-6,13-14H2,1H3. The molecule has 7 heteroatoms. The molecule has 4 rings (SSSR count). The molecule has 0 radical (unpaired) electrons. The van der Waals surface area contributed by atoms with E-state index in [1.54, 1.807) is 47.4 Å². The summed E-state index contributed by atoms with van der Waals surface area (Å²) in [6, 6.07) is 13.2. The Morgan fingerprint density at radius 1 is 0.828 bits per heavy atom. The lowest BCUT2D eigenvalue weighted by Crippen LogP contribution is -2.40. The van der Waals surface area contributed by atoms with Crippen LogP contribution in [0.5, 0.6) is 0 Å². The average molecular weight is 410 g/mol. The van der Waals surface area contributed by atoms with Gasteiger partial charge in [0.1, 0.15) is 5.70 Å². The Morgan fingerprint density at radius 2 is 1.41 bits per heavy atom. The van der Waals surface area contributed by atoms with Crippen LogP contribution in [-0.2, 0) is 10.0 Å². The Hall–Kier alpha value is -2.93. The highest BCUT2D eigenvalue weighted by molar-refractivity contribution is 7.97. The third-order valence-corrected chi connectivity index (χ3v) is 6.72. The highest BCUT2D eigenvalue weighted by atomic mass is 32.2. The highest BCUT2D eigenvalue weighted by Crippen LogP contribution is 2.33. The maximum Gasteiger partial charge on any atom is 0.268 e. The van der Waals surface area contributed by atoms with Crippen LogP contribution in [0.15, 0.2) is 59.1 Å². The van der Waals surface area contributed by atoms with E-state index in [1.165, 1.54) is 6.07 Å². The van der Waals surface area contributed by atoms with Gasteiger partial charge in [-0.2, -0.15) is 0 Å². The number of Topliss-reactive ketones (excluding diaryl/α,β-unsaturated/α-hetero) is 2. The summed E-state index contributed by atoms with van der Waals surface area (Å²) in [5.41, 5.74) is 1.71. The number of ketones is 2. The summed E-state index contributed by atoms with van der Waals surface area (Å²) in [7, 11) is -4.25. The van der Waals surface area contributed by atoms with E-state index < -0.39 is 26.5 Å². The Bertz CT molecular complexity index is 1110. The normalized spacial score (nSPS) is 17.3. The first-order chi connectivity index (χ1) is 13.9. The molecule has 1 aliphatic heterocycles. The lowest BCUT2D eigenvalue weighted by molar-refractivity contribution is 0.0939. The summed E-state index contributed by atoms with van der Waals surface area (Å²) >= 11 is 0. The predicted octanol–water partition coefficient (Wildman–Crippen LogP) is 3.51. The number of anilines is 1. The highest BCUT2D eigenvalue weighted by Gasteiger charge is 2.41. The van der Waals surface area contributed by atoms with E-state index in [9.17, 15) is 18.0 Å². The number of nitrogens with one attached hydrogen (secondary N) is 1. The maximum atomic E-state index is 13.3. The van der Waals surface area contributed by atoms with Crippen molar-refractivity contribution in [2.75, 3.05) is 17.8 Å². The minimum atomic E-state index is -4.25. The van der Waals surface area contributed by atoms with Gasteiger partial charge >= 0.3 is 0 Å². The molecule has 1 aliphatic carbocycles. The zero-order chi connectivity index (χ0) is 20.6. The van der Waals surface area contributed by atoms with Crippen LogP contribution in [0.4, 0.5) is 5.69 Å². The second kappa shape index (κ2) is 7.48. The molecular formula is C22H22N2O4S. The van der Waals surface area contributed by atoms with Gasteiger partial charge in [-0.3, -0.25) is 14.3 Å². The number of carbonyl (C=O) groups excluding carboxylic acids is 2. The Balaban J connectivity index is 1.85. The van der Waals surface area contributed by atoms with Crippen molar-refractivity contribution in [1.82, 2.24) is 4.90 Å². The van der Waals surface area contributed by atoms with Crippen molar-refractivity contribution < 1.29 is 18.0 Å². The summed E-state index contributed by atoms with van der Waals surface area (Å²) < 4.78 is 29.1. The molecule has 1 saturated heterocycles. The van der Waals surface area contributed by atoms with E-state index in [2.05, 4.69) is 4.72 Å². The Kier molecular flexibility index (Phi) is 5.00. The van der Waals surface area contributed by atoms with Crippen LogP contribution in [0, 0.1) is 6.92 Å². The molecule has 0 amide bonds. The number of likely N-dealkylation sites (tertiary alicyclic amines) is 1. The third-order valence-electron chi connectivity index (χ3n) is 5.30. The van der Waals surface area contributed by atoms with Crippen molar-refractivity contribution in [3.63, 3.8) is 0 Å². The molecule has 29 heavy (non-hydrogen) atoms. The first kappa shape index (κ1) is 19.4. The summed E-state index contributed by atoms with van der Waals surface area (Å²) in [5.74, 6) is -1.05. The van der Waals surface area contributed by atoms with E-state index in [1.807, 2.05) is 6.92 Å². The van der Waals surface area contributed by atoms with E-state index >= 15 is 0 Å². The second-order valence-corrected chi connectivity index (χ2v) is 9.02. The first-order valence-electron chi connectivity index (χ1n) is 9.65. The van der Waals surface area contributed by atoms with Gasteiger partial charge in [0.2, 0.25) is 11.6 Å². The predicted molar refractivity (Wildman–Crippen MR) is 111 cm³/mol. The summed E-state index contributed by atoms with van der Waals surface area (Å²) in [4.78, 5) is 27.8. The minimum absolute atomic E-state index is 0.00647. The van der Waals surface area contributed by atoms with E-state index in [0.717, 1.165) is 24.8 Å². The fourth-order valence-electron chi connectivity index (χ4n) is 3.82. The van der Waals surface area contributed by atoms with Gasteiger partial charge in [0.15, 0.2) is 4.91 Å². The fraction of sp³-hybridized carbons (Fsp3) is 0.273. The average Bonchev–Trinajstić information content (AvgIpc) is 2.72. The fourth-order valence-corrected chi connectivity index (χ4v) is 5.20. The van der Waals surface area contributed by atoms with Crippen molar-refractivity contribution >= 4 is 27.3 Å². The van der Waals surface area contributed by atoms with Gasteiger partial charge in [-0.1, -0.05) is 42.0 Å². The number of hydrogen-bond donors (Lipinski definition) is 1. The van der Waals surface area contributed by atoms with Gasteiger partial charge in [-0.05, 0) is 38.3 Å². The lowest BCUT2D eigenvalue weighted by Gasteiger charge is -2.33. The van der Waals surface area contributed by atoms with Crippen LogP contribution < -0.4 is 4.72 Å². The van der Waals surface area contributed by atoms with Gasteiger partial charge in [0.05, 0.1) is 0 Å². The zero-order valence-corrected chi connectivity index (χ0v) is 17.0. The molecule has 0 aromatic heterocycles. The van der Waals surface area contributed by atoms with E-state index in [-0.39, 0.29) is 16.8 Å². The van der Waals surface area contributed by atoms with Crippen LogP contribution in [0.25, 0.3) is 0 Å².